The third-order valence-electron chi connectivity index (χ3n) is 4.88. The molecule has 0 aliphatic carbocycles. The molecule has 1 N–H and O–H groups in total. The monoisotopic (exact) mass is 344 g/mol. The standard InChI is InChI=1S/C18H25BN2O4/c1-17(2)18(3,4)25-19(24-17)16-8-7-9-21(20-16)13-10-14(22-5)12-15(11-13)23-6/h7-12,20H,1-6H3. The van der Waals surface area contributed by atoms with Gasteiger partial charge in [0.05, 0.1) is 36.7 Å². The lowest BCUT2D eigenvalue weighted by atomic mass is 9.84. The zero-order chi connectivity index (χ0) is 18.2. The van der Waals surface area contributed by atoms with Gasteiger partial charge in [0.2, 0.25) is 0 Å². The van der Waals surface area contributed by atoms with Gasteiger partial charge in [0.1, 0.15) is 11.5 Å². The predicted molar refractivity (Wildman–Crippen MR) is 98.5 cm³/mol. The van der Waals surface area contributed by atoms with E-state index in [-0.39, 0.29) is 11.2 Å². The van der Waals surface area contributed by atoms with E-state index in [9.17, 15) is 0 Å². The minimum Gasteiger partial charge on any atom is -0.497 e. The van der Waals surface area contributed by atoms with Crippen molar-refractivity contribution >= 4 is 12.8 Å². The Hall–Kier alpha value is -2.12. The molecular weight excluding hydrogens is 319 g/mol. The molecular formula is C18H25BN2O4. The Morgan fingerprint density at radius 1 is 0.960 bits per heavy atom. The number of hydrogen-bond acceptors (Lipinski definition) is 6. The van der Waals surface area contributed by atoms with Crippen molar-refractivity contribution in [2.24, 2.45) is 0 Å². The van der Waals surface area contributed by atoms with E-state index in [0.29, 0.717) is 0 Å². The van der Waals surface area contributed by atoms with Crippen molar-refractivity contribution in [3.05, 3.63) is 42.1 Å². The van der Waals surface area contributed by atoms with Crippen molar-refractivity contribution < 1.29 is 18.8 Å². The molecule has 1 fully saturated rings. The molecule has 2 aliphatic heterocycles. The van der Waals surface area contributed by atoms with Gasteiger partial charge < -0.3 is 24.2 Å². The van der Waals surface area contributed by atoms with Crippen LogP contribution in [0.25, 0.3) is 0 Å². The van der Waals surface area contributed by atoms with E-state index in [4.69, 9.17) is 18.8 Å². The first-order chi connectivity index (χ1) is 11.8. The number of anilines is 1. The van der Waals surface area contributed by atoms with Crippen molar-refractivity contribution in [1.29, 1.82) is 0 Å². The number of benzene rings is 1. The molecule has 0 unspecified atom stereocenters. The van der Waals surface area contributed by atoms with Crippen LogP contribution in [-0.4, -0.2) is 32.5 Å². The quantitative estimate of drug-likeness (QED) is 0.848. The Balaban J connectivity index is 1.81. The van der Waals surface area contributed by atoms with E-state index < -0.39 is 7.12 Å². The van der Waals surface area contributed by atoms with Crippen LogP contribution in [0.1, 0.15) is 27.7 Å². The highest BCUT2D eigenvalue weighted by Gasteiger charge is 2.52. The topological polar surface area (TPSA) is 52.2 Å². The Morgan fingerprint density at radius 3 is 2.04 bits per heavy atom. The van der Waals surface area contributed by atoms with Crippen LogP contribution in [0, 0.1) is 0 Å². The van der Waals surface area contributed by atoms with E-state index in [1.54, 1.807) is 14.2 Å². The highest BCUT2D eigenvalue weighted by molar-refractivity contribution is 6.54. The Kier molecular flexibility index (Phi) is 4.47. The first-order valence-corrected chi connectivity index (χ1v) is 8.29. The second-order valence-electron chi connectivity index (χ2n) is 7.10. The summed E-state index contributed by atoms with van der Waals surface area (Å²) in [6.07, 6.45) is 5.82. The van der Waals surface area contributed by atoms with Crippen LogP contribution >= 0.6 is 0 Å². The minimum absolute atomic E-state index is 0.384. The summed E-state index contributed by atoms with van der Waals surface area (Å²) in [6.45, 7) is 8.15. The lowest BCUT2D eigenvalue weighted by Crippen LogP contribution is -2.41. The van der Waals surface area contributed by atoms with Crippen LogP contribution in [-0.2, 0) is 9.31 Å². The summed E-state index contributed by atoms with van der Waals surface area (Å²) >= 11 is 0. The molecule has 7 heteroatoms. The van der Waals surface area contributed by atoms with Gasteiger partial charge in [0.15, 0.2) is 0 Å². The first kappa shape index (κ1) is 17.7. The van der Waals surface area contributed by atoms with E-state index in [2.05, 4.69) is 5.43 Å². The average molecular weight is 344 g/mol. The predicted octanol–water partition coefficient (Wildman–Crippen LogP) is 3.06. The van der Waals surface area contributed by atoms with Gasteiger partial charge in [0.25, 0.3) is 0 Å². The summed E-state index contributed by atoms with van der Waals surface area (Å²) in [5.74, 6) is 1.44. The normalized spacial score (nSPS) is 21.0. The summed E-state index contributed by atoms with van der Waals surface area (Å²) in [7, 11) is 2.81. The van der Waals surface area contributed by atoms with Crippen molar-refractivity contribution in [3.8, 4) is 11.5 Å². The molecule has 1 saturated heterocycles. The van der Waals surface area contributed by atoms with Gasteiger partial charge in [-0.15, -0.1) is 0 Å². The van der Waals surface area contributed by atoms with Gasteiger partial charge >= 0.3 is 7.12 Å². The maximum absolute atomic E-state index is 6.11. The van der Waals surface area contributed by atoms with Gasteiger partial charge in [-0.2, -0.15) is 0 Å². The van der Waals surface area contributed by atoms with Crippen molar-refractivity contribution in [2.45, 2.75) is 38.9 Å². The Bertz CT molecular complexity index is 677. The summed E-state index contributed by atoms with van der Waals surface area (Å²) in [5.41, 5.74) is 4.29. The van der Waals surface area contributed by atoms with Crippen LogP contribution in [0.2, 0.25) is 0 Å². The molecule has 134 valence electrons. The molecule has 0 radical (unpaired) electrons. The lowest BCUT2D eigenvalue weighted by molar-refractivity contribution is 0.00578. The number of methoxy groups -OCH3 is 2. The molecule has 0 saturated carbocycles. The zero-order valence-electron chi connectivity index (χ0n) is 15.6. The molecule has 0 bridgehead atoms. The number of hydrazine groups is 1. The smallest absolute Gasteiger partial charge is 0.497 e. The summed E-state index contributed by atoms with van der Waals surface area (Å²) < 4.78 is 22.9. The molecule has 6 nitrogen and oxygen atoms in total. The third kappa shape index (κ3) is 3.34. The van der Waals surface area contributed by atoms with Gasteiger partial charge in [-0.1, -0.05) is 0 Å². The van der Waals surface area contributed by atoms with Crippen molar-refractivity contribution in [3.63, 3.8) is 0 Å². The number of nitrogens with zero attached hydrogens (tertiary/aromatic N) is 1. The van der Waals surface area contributed by atoms with Gasteiger partial charge in [-0.05, 0) is 39.8 Å². The van der Waals surface area contributed by atoms with E-state index in [1.165, 1.54) is 0 Å². The van der Waals surface area contributed by atoms with Crippen molar-refractivity contribution in [1.82, 2.24) is 5.43 Å². The molecule has 3 rings (SSSR count). The number of hydrogen-bond donors (Lipinski definition) is 1. The molecule has 2 heterocycles. The highest BCUT2D eigenvalue weighted by atomic mass is 16.7. The zero-order valence-corrected chi connectivity index (χ0v) is 15.6. The van der Waals surface area contributed by atoms with Gasteiger partial charge in [-0.3, -0.25) is 5.01 Å². The molecule has 0 amide bonds. The first-order valence-electron chi connectivity index (χ1n) is 8.29. The highest BCUT2D eigenvalue weighted by Crippen LogP contribution is 2.38. The largest absolute Gasteiger partial charge is 0.513 e. The number of nitrogens with one attached hydrogen (secondary N) is 1. The second-order valence-corrected chi connectivity index (χ2v) is 7.10. The molecule has 2 aliphatic rings. The maximum atomic E-state index is 6.11. The van der Waals surface area contributed by atoms with Crippen LogP contribution < -0.4 is 19.9 Å². The molecule has 1 aromatic carbocycles. The van der Waals surface area contributed by atoms with E-state index in [0.717, 1.165) is 22.8 Å². The Labute approximate surface area is 149 Å². The maximum Gasteiger partial charge on any atom is 0.513 e. The lowest BCUT2D eigenvalue weighted by Gasteiger charge is -2.32. The van der Waals surface area contributed by atoms with E-state index in [1.807, 2.05) is 69.3 Å². The third-order valence-corrected chi connectivity index (χ3v) is 4.88. The number of allylic oxidation sites excluding steroid dienone is 2. The second kappa shape index (κ2) is 6.31. The molecule has 0 spiro atoms. The fourth-order valence-electron chi connectivity index (χ4n) is 2.63. The van der Waals surface area contributed by atoms with Crippen molar-refractivity contribution in [2.75, 3.05) is 19.2 Å². The Morgan fingerprint density at radius 2 is 1.52 bits per heavy atom. The summed E-state index contributed by atoms with van der Waals surface area (Å²) in [4.78, 5) is 0. The van der Waals surface area contributed by atoms with Crippen LogP contribution in [0.15, 0.2) is 42.1 Å². The number of rotatable bonds is 4. The van der Waals surface area contributed by atoms with Crippen LogP contribution in [0.5, 0.6) is 11.5 Å². The fourth-order valence-corrected chi connectivity index (χ4v) is 2.63. The molecule has 0 aromatic heterocycles. The SMILES string of the molecule is COc1cc(OC)cc(N2C=CC=C(B3OC(C)(C)C(C)(C)O3)N2)c1. The molecule has 1 aromatic rings. The fraction of sp³-hybridized carbons (Fsp3) is 0.444. The molecule has 0 atom stereocenters. The summed E-state index contributed by atoms with van der Waals surface area (Å²) in [5, 5.41) is 1.88. The average Bonchev–Trinajstić information content (AvgIpc) is 2.82. The summed E-state index contributed by atoms with van der Waals surface area (Å²) in [6, 6.07) is 5.68. The number of ether oxygens (including phenoxy) is 2. The van der Waals surface area contributed by atoms with Crippen LogP contribution in [0.3, 0.4) is 0 Å². The molecule has 25 heavy (non-hydrogen) atoms. The minimum atomic E-state index is -0.454. The van der Waals surface area contributed by atoms with Gasteiger partial charge in [-0.25, -0.2) is 0 Å². The van der Waals surface area contributed by atoms with E-state index >= 15 is 0 Å². The van der Waals surface area contributed by atoms with Crippen LogP contribution in [0.4, 0.5) is 5.69 Å². The van der Waals surface area contributed by atoms with Gasteiger partial charge in [0, 0.05) is 24.4 Å².